The van der Waals surface area contributed by atoms with Gasteiger partial charge in [0.2, 0.25) is 5.91 Å². The second kappa shape index (κ2) is 7.13. The molecular weight excluding hydrogens is 224 g/mol. The molecule has 1 fully saturated rings. The Morgan fingerprint density at radius 1 is 1.22 bits per heavy atom. The van der Waals surface area contributed by atoms with Crippen LogP contribution in [-0.2, 0) is 4.79 Å². The molecule has 0 spiro atoms. The van der Waals surface area contributed by atoms with E-state index in [1.165, 1.54) is 0 Å². The Balaban J connectivity index is 2.75. The molecule has 0 aromatic rings. The van der Waals surface area contributed by atoms with Crippen LogP contribution in [0.1, 0.15) is 59.3 Å². The first kappa shape index (κ1) is 15.5. The molecule has 1 aliphatic carbocycles. The van der Waals surface area contributed by atoms with E-state index in [0.717, 1.165) is 57.5 Å². The first-order valence-corrected chi connectivity index (χ1v) is 7.59. The molecule has 2 N–H and O–H groups in total. The molecule has 3 heteroatoms. The molecule has 18 heavy (non-hydrogen) atoms. The monoisotopic (exact) mass is 254 g/mol. The molecule has 0 bridgehead atoms. The van der Waals surface area contributed by atoms with Gasteiger partial charge in [0.05, 0.1) is 5.41 Å². The van der Waals surface area contributed by atoms with Crippen LogP contribution in [0, 0.1) is 11.3 Å². The van der Waals surface area contributed by atoms with Crippen molar-refractivity contribution in [1.29, 1.82) is 0 Å². The van der Waals surface area contributed by atoms with Crippen molar-refractivity contribution >= 4 is 5.91 Å². The van der Waals surface area contributed by atoms with Crippen LogP contribution in [0.15, 0.2) is 0 Å². The molecule has 0 atom stereocenters. The van der Waals surface area contributed by atoms with E-state index in [1.807, 2.05) is 4.90 Å². The summed E-state index contributed by atoms with van der Waals surface area (Å²) in [4.78, 5) is 14.8. The van der Waals surface area contributed by atoms with Crippen LogP contribution >= 0.6 is 0 Å². The molecule has 0 saturated heterocycles. The van der Waals surface area contributed by atoms with Gasteiger partial charge in [0, 0.05) is 19.6 Å². The van der Waals surface area contributed by atoms with E-state index in [0.29, 0.717) is 12.5 Å². The molecule has 1 rings (SSSR count). The van der Waals surface area contributed by atoms with Gasteiger partial charge < -0.3 is 10.6 Å². The summed E-state index contributed by atoms with van der Waals surface area (Å²) in [5.74, 6) is 1.07. The third kappa shape index (κ3) is 3.47. The van der Waals surface area contributed by atoms with Crippen molar-refractivity contribution in [1.82, 2.24) is 4.90 Å². The van der Waals surface area contributed by atoms with Crippen molar-refractivity contribution in [3.63, 3.8) is 0 Å². The summed E-state index contributed by atoms with van der Waals surface area (Å²) in [5, 5.41) is 0. The van der Waals surface area contributed by atoms with E-state index in [1.54, 1.807) is 0 Å². The number of amides is 1. The fourth-order valence-electron chi connectivity index (χ4n) is 3.01. The number of hydrogen-bond acceptors (Lipinski definition) is 2. The lowest BCUT2D eigenvalue weighted by molar-refractivity contribution is -0.144. The predicted octanol–water partition coefficient (Wildman–Crippen LogP) is 2.79. The zero-order chi connectivity index (χ0) is 13.6. The minimum Gasteiger partial charge on any atom is -0.342 e. The number of carbonyl (C=O) groups is 1. The normalized spacial score (nSPS) is 28.1. The van der Waals surface area contributed by atoms with Gasteiger partial charge in [-0.1, -0.05) is 20.8 Å². The molecule has 0 aromatic heterocycles. The van der Waals surface area contributed by atoms with Crippen molar-refractivity contribution < 1.29 is 4.79 Å². The summed E-state index contributed by atoms with van der Waals surface area (Å²) >= 11 is 0. The highest BCUT2D eigenvalue weighted by Gasteiger charge is 2.41. The summed E-state index contributed by atoms with van der Waals surface area (Å²) in [6, 6.07) is 0. The van der Waals surface area contributed by atoms with Gasteiger partial charge in [-0.2, -0.15) is 0 Å². The van der Waals surface area contributed by atoms with Crippen LogP contribution in [0.3, 0.4) is 0 Å². The second-order valence-electron chi connectivity index (χ2n) is 5.96. The number of nitrogens with two attached hydrogens (primary N) is 1. The fraction of sp³-hybridized carbons (Fsp3) is 0.933. The van der Waals surface area contributed by atoms with Crippen LogP contribution in [0.2, 0.25) is 0 Å². The first-order valence-electron chi connectivity index (χ1n) is 7.59. The van der Waals surface area contributed by atoms with Gasteiger partial charge in [-0.3, -0.25) is 4.79 Å². The molecule has 0 aromatic carbocycles. The molecule has 1 amide bonds. The molecule has 0 aliphatic heterocycles. The van der Waals surface area contributed by atoms with Crippen molar-refractivity contribution in [2.75, 3.05) is 19.6 Å². The lowest BCUT2D eigenvalue weighted by atomic mass is 9.70. The van der Waals surface area contributed by atoms with Crippen LogP contribution in [0.25, 0.3) is 0 Å². The van der Waals surface area contributed by atoms with Crippen LogP contribution in [0.4, 0.5) is 0 Å². The van der Waals surface area contributed by atoms with Crippen molar-refractivity contribution in [2.45, 2.75) is 59.3 Å². The van der Waals surface area contributed by atoms with E-state index in [4.69, 9.17) is 5.73 Å². The van der Waals surface area contributed by atoms with E-state index in [-0.39, 0.29) is 5.41 Å². The molecule has 1 aliphatic rings. The third-order valence-corrected chi connectivity index (χ3v) is 4.35. The summed E-state index contributed by atoms with van der Waals surface area (Å²) in [6.45, 7) is 8.82. The Kier molecular flexibility index (Phi) is 6.13. The highest BCUT2D eigenvalue weighted by Crippen LogP contribution is 2.39. The van der Waals surface area contributed by atoms with Gasteiger partial charge in [0.1, 0.15) is 0 Å². The maximum Gasteiger partial charge on any atom is 0.230 e. The van der Waals surface area contributed by atoms with Crippen LogP contribution in [-0.4, -0.2) is 30.4 Å². The van der Waals surface area contributed by atoms with Gasteiger partial charge in [-0.05, 0) is 44.4 Å². The number of hydrogen-bond donors (Lipinski definition) is 1. The smallest absolute Gasteiger partial charge is 0.230 e. The molecule has 1 saturated carbocycles. The SMILES string of the molecule is CCCN(CCC)C(=O)C1(CN)CCC(C)CC1. The van der Waals surface area contributed by atoms with Crippen molar-refractivity contribution in [3.05, 3.63) is 0 Å². The van der Waals surface area contributed by atoms with Gasteiger partial charge >= 0.3 is 0 Å². The summed E-state index contributed by atoms with van der Waals surface area (Å²) in [6.07, 6.45) is 6.32. The topological polar surface area (TPSA) is 46.3 Å². The predicted molar refractivity (Wildman–Crippen MR) is 76.3 cm³/mol. The summed E-state index contributed by atoms with van der Waals surface area (Å²) in [7, 11) is 0. The fourth-order valence-corrected chi connectivity index (χ4v) is 3.01. The number of carbonyl (C=O) groups excluding carboxylic acids is 1. The Bertz CT molecular complexity index is 251. The van der Waals surface area contributed by atoms with E-state index < -0.39 is 0 Å². The lowest BCUT2D eigenvalue weighted by Crippen LogP contribution is -2.50. The zero-order valence-corrected chi connectivity index (χ0v) is 12.4. The highest BCUT2D eigenvalue weighted by atomic mass is 16.2. The average Bonchev–Trinajstić information content (AvgIpc) is 2.39. The molecule has 3 nitrogen and oxygen atoms in total. The van der Waals surface area contributed by atoms with Gasteiger partial charge in [0.25, 0.3) is 0 Å². The Morgan fingerprint density at radius 3 is 2.11 bits per heavy atom. The molecule has 0 radical (unpaired) electrons. The lowest BCUT2D eigenvalue weighted by Gasteiger charge is -2.40. The largest absolute Gasteiger partial charge is 0.342 e. The maximum absolute atomic E-state index is 12.8. The van der Waals surface area contributed by atoms with E-state index in [2.05, 4.69) is 20.8 Å². The molecule has 0 unspecified atom stereocenters. The Labute approximate surface area is 112 Å². The zero-order valence-electron chi connectivity index (χ0n) is 12.4. The van der Waals surface area contributed by atoms with Crippen LogP contribution < -0.4 is 5.73 Å². The minimum absolute atomic E-state index is 0.253. The minimum atomic E-state index is -0.253. The first-order chi connectivity index (χ1) is 8.59. The van der Waals surface area contributed by atoms with E-state index >= 15 is 0 Å². The third-order valence-electron chi connectivity index (χ3n) is 4.35. The van der Waals surface area contributed by atoms with Gasteiger partial charge in [-0.25, -0.2) is 0 Å². The average molecular weight is 254 g/mol. The van der Waals surface area contributed by atoms with Crippen LogP contribution in [0.5, 0.6) is 0 Å². The summed E-state index contributed by atoms with van der Waals surface area (Å²) in [5.41, 5.74) is 5.71. The van der Waals surface area contributed by atoms with E-state index in [9.17, 15) is 4.79 Å². The highest BCUT2D eigenvalue weighted by molar-refractivity contribution is 5.83. The molecule has 0 heterocycles. The molecule has 106 valence electrons. The van der Waals surface area contributed by atoms with Gasteiger partial charge in [-0.15, -0.1) is 0 Å². The number of nitrogens with zero attached hydrogens (tertiary/aromatic N) is 1. The number of rotatable bonds is 6. The standard InChI is InChI=1S/C15H30N2O/c1-4-10-17(11-5-2)14(18)15(12-16)8-6-13(3)7-9-15/h13H,4-12,16H2,1-3H3. The maximum atomic E-state index is 12.8. The van der Waals surface area contributed by atoms with Crippen molar-refractivity contribution in [2.24, 2.45) is 17.1 Å². The van der Waals surface area contributed by atoms with Gasteiger partial charge in [0.15, 0.2) is 0 Å². The van der Waals surface area contributed by atoms with Crippen molar-refractivity contribution in [3.8, 4) is 0 Å². The second-order valence-corrected chi connectivity index (χ2v) is 5.96. The Morgan fingerprint density at radius 2 is 1.72 bits per heavy atom. The molecular formula is C15H30N2O. The summed E-state index contributed by atoms with van der Waals surface area (Å²) < 4.78 is 0. The Hall–Kier alpha value is -0.570. The quantitative estimate of drug-likeness (QED) is 0.792.